The van der Waals surface area contributed by atoms with Gasteiger partial charge in [-0.3, -0.25) is 10.2 Å². The molecule has 1 aliphatic heterocycles. The fraction of sp³-hybridized carbons (Fsp3) is 0.286. The van der Waals surface area contributed by atoms with Crippen LogP contribution in [0.3, 0.4) is 0 Å². The van der Waals surface area contributed by atoms with Crippen molar-refractivity contribution in [1.29, 1.82) is 5.41 Å². The monoisotopic (exact) mass is 504 g/mol. The lowest BCUT2D eigenvalue weighted by Crippen LogP contribution is -2.51. The molecule has 3 aromatic rings. The molecule has 0 bridgehead atoms. The number of likely N-dealkylation sites (tertiary alicyclic amines) is 1. The van der Waals surface area contributed by atoms with E-state index in [1.54, 1.807) is 47.4 Å². The van der Waals surface area contributed by atoms with Gasteiger partial charge in [0.15, 0.2) is 0 Å². The van der Waals surface area contributed by atoms with Gasteiger partial charge in [-0.2, -0.15) is 4.72 Å². The fourth-order valence-electron chi connectivity index (χ4n) is 4.63. The van der Waals surface area contributed by atoms with Crippen LogP contribution in [0, 0.1) is 12.3 Å². The minimum absolute atomic E-state index is 0.0806. The molecule has 0 aromatic heterocycles. The van der Waals surface area contributed by atoms with Gasteiger partial charge in [0.1, 0.15) is 11.9 Å². The van der Waals surface area contributed by atoms with Gasteiger partial charge < -0.3 is 10.6 Å². The third kappa shape index (κ3) is 6.19. The Hall–Kier alpha value is -3.49. The van der Waals surface area contributed by atoms with E-state index in [1.165, 1.54) is 5.56 Å². The number of sulfonamides is 1. The number of carbonyl (C=O) groups excluding carboxylic acids is 1. The molecule has 4 N–H and O–H groups in total. The van der Waals surface area contributed by atoms with Crippen LogP contribution in [0.2, 0.25) is 0 Å². The zero-order valence-electron chi connectivity index (χ0n) is 20.4. The van der Waals surface area contributed by atoms with Crippen molar-refractivity contribution in [3.8, 4) is 0 Å². The van der Waals surface area contributed by atoms with Crippen molar-refractivity contribution < 1.29 is 13.2 Å². The van der Waals surface area contributed by atoms with E-state index in [1.807, 2.05) is 31.2 Å². The Labute approximate surface area is 212 Å². The molecule has 1 amide bonds. The summed E-state index contributed by atoms with van der Waals surface area (Å²) >= 11 is 0. The van der Waals surface area contributed by atoms with E-state index < -0.39 is 16.1 Å². The van der Waals surface area contributed by atoms with Gasteiger partial charge in [0, 0.05) is 18.7 Å². The number of carbonyl (C=O) groups is 1. The number of rotatable bonds is 8. The first kappa shape index (κ1) is 25.6. The van der Waals surface area contributed by atoms with Crippen molar-refractivity contribution in [3.05, 3.63) is 101 Å². The predicted octanol–water partition coefficient (Wildman–Crippen LogP) is 3.57. The molecule has 1 saturated heterocycles. The van der Waals surface area contributed by atoms with E-state index in [4.69, 9.17) is 11.1 Å². The van der Waals surface area contributed by atoms with E-state index in [-0.39, 0.29) is 23.1 Å². The molecule has 1 fully saturated rings. The lowest BCUT2D eigenvalue weighted by molar-refractivity contribution is -0.134. The zero-order valence-corrected chi connectivity index (χ0v) is 21.2. The number of benzene rings is 3. The Balaban J connectivity index is 1.55. The van der Waals surface area contributed by atoms with Gasteiger partial charge in [-0.1, -0.05) is 66.2 Å². The smallest absolute Gasteiger partial charge is 0.241 e. The maximum atomic E-state index is 13.7. The van der Waals surface area contributed by atoms with Crippen LogP contribution in [-0.2, 0) is 21.2 Å². The van der Waals surface area contributed by atoms with E-state index in [2.05, 4.69) is 16.9 Å². The molecule has 0 spiro atoms. The normalized spacial score (nSPS) is 15.4. The Morgan fingerprint density at radius 1 is 1.03 bits per heavy atom. The lowest BCUT2D eigenvalue weighted by atomic mass is 9.89. The van der Waals surface area contributed by atoms with E-state index in [0.717, 1.165) is 24.0 Å². The summed E-state index contributed by atoms with van der Waals surface area (Å²) in [7, 11) is -3.92. The Bertz CT molecular complexity index is 1320. The average Bonchev–Trinajstić information content (AvgIpc) is 2.89. The molecule has 1 aliphatic rings. The van der Waals surface area contributed by atoms with Gasteiger partial charge in [-0.25, -0.2) is 8.42 Å². The second kappa shape index (κ2) is 11.1. The molecule has 7 nitrogen and oxygen atoms in total. The van der Waals surface area contributed by atoms with Crippen molar-refractivity contribution >= 4 is 21.8 Å². The summed E-state index contributed by atoms with van der Waals surface area (Å²) in [6, 6.07) is 22.9. The number of nitrogen functional groups attached to an aromatic ring is 1. The molecule has 3 aromatic carbocycles. The molecular weight excluding hydrogens is 472 g/mol. The van der Waals surface area contributed by atoms with Gasteiger partial charge in [0.05, 0.1) is 4.90 Å². The first-order valence-electron chi connectivity index (χ1n) is 12.1. The number of nitrogens with two attached hydrogens (primary N) is 1. The molecule has 1 heterocycles. The SMILES string of the molecule is Cc1ccc(S(=O)(=O)NC(Cc2cccc(C(=N)N)c2)C(=O)N2CCC(c3ccccc3)CC2)cc1. The highest BCUT2D eigenvalue weighted by atomic mass is 32.2. The highest BCUT2D eigenvalue weighted by Crippen LogP contribution is 2.28. The van der Waals surface area contributed by atoms with Crippen LogP contribution in [0.4, 0.5) is 0 Å². The predicted molar refractivity (Wildman–Crippen MR) is 141 cm³/mol. The second-order valence-corrected chi connectivity index (χ2v) is 11.0. The van der Waals surface area contributed by atoms with Crippen molar-refractivity contribution in [2.45, 2.75) is 43.0 Å². The molecular formula is C28H32N4O3S. The van der Waals surface area contributed by atoms with E-state index >= 15 is 0 Å². The van der Waals surface area contributed by atoms with Crippen LogP contribution in [0.1, 0.15) is 41.0 Å². The quantitative estimate of drug-likeness (QED) is 0.321. The summed E-state index contributed by atoms with van der Waals surface area (Å²) in [5.41, 5.74) is 9.11. The molecule has 1 atom stereocenters. The number of amidine groups is 1. The number of nitrogens with one attached hydrogen (secondary N) is 2. The van der Waals surface area contributed by atoms with Gasteiger partial charge in [0.2, 0.25) is 15.9 Å². The highest BCUT2D eigenvalue weighted by Gasteiger charge is 2.32. The van der Waals surface area contributed by atoms with Crippen LogP contribution in [-0.4, -0.2) is 44.2 Å². The Kier molecular flexibility index (Phi) is 7.86. The number of piperidine rings is 1. The maximum absolute atomic E-state index is 13.7. The first-order valence-corrected chi connectivity index (χ1v) is 13.6. The van der Waals surface area contributed by atoms with Crippen LogP contribution < -0.4 is 10.5 Å². The Morgan fingerprint density at radius 3 is 2.33 bits per heavy atom. The fourth-order valence-corrected chi connectivity index (χ4v) is 5.82. The van der Waals surface area contributed by atoms with Gasteiger partial charge in [-0.15, -0.1) is 0 Å². The largest absolute Gasteiger partial charge is 0.384 e. The number of amides is 1. The number of aryl methyl sites for hydroxylation is 1. The molecule has 0 radical (unpaired) electrons. The summed E-state index contributed by atoms with van der Waals surface area (Å²) < 4.78 is 29.1. The molecule has 4 rings (SSSR count). The minimum Gasteiger partial charge on any atom is -0.384 e. The second-order valence-electron chi connectivity index (χ2n) is 9.32. The first-order chi connectivity index (χ1) is 17.2. The van der Waals surface area contributed by atoms with Crippen LogP contribution in [0.25, 0.3) is 0 Å². The number of hydrogen-bond acceptors (Lipinski definition) is 4. The molecule has 188 valence electrons. The summed E-state index contributed by atoms with van der Waals surface area (Å²) in [5.74, 6) is 0.0542. The number of hydrogen-bond donors (Lipinski definition) is 3. The topological polar surface area (TPSA) is 116 Å². The van der Waals surface area contributed by atoms with Crippen LogP contribution >= 0.6 is 0 Å². The minimum atomic E-state index is -3.92. The van der Waals surface area contributed by atoms with Gasteiger partial charge >= 0.3 is 0 Å². The Morgan fingerprint density at radius 2 is 1.69 bits per heavy atom. The molecule has 0 aliphatic carbocycles. The molecule has 1 unspecified atom stereocenters. The van der Waals surface area contributed by atoms with Gasteiger partial charge in [0.25, 0.3) is 0 Å². The summed E-state index contributed by atoms with van der Waals surface area (Å²) in [6.07, 6.45) is 1.81. The van der Waals surface area contributed by atoms with Crippen LogP contribution in [0.5, 0.6) is 0 Å². The van der Waals surface area contributed by atoms with E-state index in [0.29, 0.717) is 24.6 Å². The third-order valence-electron chi connectivity index (χ3n) is 6.68. The van der Waals surface area contributed by atoms with Crippen molar-refractivity contribution in [2.75, 3.05) is 13.1 Å². The van der Waals surface area contributed by atoms with Crippen molar-refractivity contribution in [3.63, 3.8) is 0 Å². The number of nitrogens with zero attached hydrogens (tertiary/aromatic N) is 1. The van der Waals surface area contributed by atoms with Gasteiger partial charge in [-0.05, 0) is 61.4 Å². The van der Waals surface area contributed by atoms with Crippen LogP contribution in [0.15, 0.2) is 83.8 Å². The maximum Gasteiger partial charge on any atom is 0.241 e. The van der Waals surface area contributed by atoms with E-state index in [9.17, 15) is 13.2 Å². The third-order valence-corrected chi connectivity index (χ3v) is 8.17. The lowest BCUT2D eigenvalue weighted by Gasteiger charge is -2.34. The summed E-state index contributed by atoms with van der Waals surface area (Å²) in [5, 5.41) is 7.71. The molecule has 0 saturated carbocycles. The standard InChI is InChI=1S/C28H32N4O3S/c1-20-10-12-25(13-11-20)36(34,35)31-26(19-21-6-5-9-24(18-21)27(29)30)28(33)32-16-14-23(15-17-32)22-7-3-2-4-8-22/h2-13,18,23,26,31H,14-17,19H2,1H3,(H3,29,30). The van der Waals surface area contributed by atoms with Crippen molar-refractivity contribution in [2.24, 2.45) is 5.73 Å². The summed E-state index contributed by atoms with van der Waals surface area (Å²) in [6.45, 7) is 3.01. The molecule has 8 heteroatoms. The highest BCUT2D eigenvalue weighted by molar-refractivity contribution is 7.89. The molecule has 36 heavy (non-hydrogen) atoms. The average molecular weight is 505 g/mol. The zero-order chi connectivity index (χ0) is 25.7. The van der Waals surface area contributed by atoms with Crippen molar-refractivity contribution in [1.82, 2.24) is 9.62 Å². The summed E-state index contributed by atoms with van der Waals surface area (Å²) in [4.78, 5) is 15.5.